The Hall–Kier alpha value is -1.38. The van der Waals surface area contributed by atoms with Crippen molar-refractivity contribution < 1.29 is 8.42 Å². The van der Waals surface area contributed by atoms with E-state index in [0.29, 0.717) is 17.5 Å². The lowest BCUT2D eigenvalue weighted by atomic mass is 9.70. The van der Waals surface area contributed by atoms with Gasteiger partial charge >= 0.3 is 0 Å². The van der Waals surface area contributed by atoms with Crippen molar-refractivity contribution in [3.05, 3.63) is 29.8 Å². The number of rotatable bonds is 6. The number of nitrogens with zero attached hydrogens (tertiary/aromatic N) is 1. The Labute approximate surface area is 120 Å². The van der Waals surface area contributed by atoms with Crippen LogP contribution in [0.25, 0.3) is 0 Å². The first-order chi connectivity index (χ1) is 9.45. The maximum absolute atomic E-state index is 12.1. The molecule has 1 N–H and O–H groups in total. The summed E-state index contributed by atoms with van der Waals surface area (Å²) < 4.78 is 24.2. The van der Waals surface area contributed by atoms with Gasteiger partial charge in [-0.3, -0.25) is 0 Å². The quantitative estimate of drug-likeness (QED) is 0.815. The molecule has 1 aliphatic carbocycles. The Kier molecular flexibility index (Phi) is 4.46. The molecule has 1 fully saturated rings. The number of hydrogen-bond acceptors (Lipinski definition) is 4. The van der Waals surface area contributed by atoms with Crippen molar-refractivity contribution in [2.24, 2.45) is 5.41 Å². The number of nitriles is 1. The molecule has 0 saturated heterocycles. The van der Waals surface area contributed by atoms with E-state index in [1.54, 1.807) is 0 Å². The van der Waals surface area contributed by atoms with Crippen molar-refractivity contribution in [3.63, 3.8) is 0 Å². The third-order valence-corrected chi connectivity index (χ3v) is 5.73. The first kappa shape index (κ1) is 15.0. The van der Waals surface area contributed by atoms with Crippen LogP contribution in [-0.2, 0) is 9.84 Å². The molecule has 0 heterocycles. The lowest BCUT2D eigenvalue weighted by Crippen LogP contribution is -2.38. The smallest absolute Gasteiger partial charge is 0.179 e. The van der Waals surface area contributed by atoms with Gasteiger partial charge < -0.3 is 5.32 Å². The number of hydrogen-bond donors (Lipinski definition) is 1. The van der Waals surface area contributed by atoms with Gasteiger partial charge in [0.05, 0.1) is 22.3 Å². The van der Waals surface area contributed by atoms with Crippen LogP contribution in [0.1, 0.15) is 31.7 Å². The molecule has 0 aromatic heterocycles. The molecule has 0 radical (unpaired) electrons. The fraction of sp³-hybridized carbons (Fsp3) is 0.533. The molecule has 2 rings (SSSR count). The fourth-order valence-corrected chi connectivity index (χ4v) is 3.61. The summed E-state index contributed by atoms with van der Waals surface area (Å²) >= 11 is 0. The zero-order chi connectivity index (χ0) is 14.6. The topological polar surface area (TPSA) is 70.0 Å². The minimum Gasteiger partial charge on any atom is -0.315 e. The lowest BCUT2D eigenvalue weighted by molar-refractivity contribution is 0.158. The average molecular weight is 292 g/mol. The summed E-state index contributed by atoms with van der Waals surface area (Å²) in [4.78, 5) is 0.285. The van der Waals surface area contributed by atoms with Gasteiger partial charge in [0, 0.05) is 13.1 Å². The van der Waals surface area contributed by atoms with E-state index >= 15 is 0 Å². The molecule has 1 aromatic rings. The van der Waals surface area contributed by atoms with Crippen LogP contribution >= 0.6 is 0 Å². The summed E-state index contributed by atoms with van der Waals surface area (Å²) in [6, 6.07) is 8.06. The van der Waals surface area contributed by atoms with E-state index in [1.807, 2.05) is 6.07 Å². The summed E-state index contributed by atoms with van der Waals surface area (Å²) in [5.41, 5.74) is 0.832. The second kappa shape index (κ2) is 5.94. The van der Waals surface area contributed by atoms with Crippen LogP contribution in [0.2, 0.25) is 0 Å². The highest BCUT2D eigenvalue weighted by Gasteiger charge is 2.31. The predicted molar refractivity (Wildman–Crippen MR) is 78.0 cm³/mol. The van der Waals surface area contributed by atoms with Crippen LogP contribution < -0.4 is 5.32 Å². The second-order valence-corrected chi connectivity index (χ2v) is 7.91. The maximum Gasteiger partial charge on any atom is 0.179 e. The standard InChI is InChI=1S/C15H20N2O2S/c1-15(7-2-8-15)12-17-9-10-20(18,19)14-5-3-13(11-16)4-6-14/h3-6,17H,2,7-10,12H2,1H3. The van der Waals surface area contributed by atoms with E-state index in [0.717, 1.165) is 6.54 Å². The Morgan fingerprint density at radius 2 is 1.95 bits per heavy atom. The number of benzene rings is 1. The van der Waals surface area contributed by atoms with Crippen molar-refractivity contribution in [1.82, 2.24) is 5.32 Å². The molecule has 108 valence electrons. The minimum absolute atomic E-state index is 0.0922. The molecule has 5 heteroatoms. The van der Waals surface area contributed by atoms with Gasteiger partial charge in [0.1, 0.15) is 0 Å². The highest BCUT2D eigenvalue weighted by Crippen LogP contribution is 2.39. The predicted octanol–water partition coefficient (Wildman–Crippen LogP) is 2.11. The van der Waals surface area contributed by atoms with E-state index in [2.05, 4.69) is 12.2 Å². The number of nitrogens with one attached hydrogen (secondary N) is 1. The molecular formula is C15H20N2O2S. The summed E-state index contributed by atoms with van der Waals surface area (Å²) in [6.45, 7) is 3.59. The molecule has 0 spiro atoms. The highest BCUT2D eigenvalue weighted by molar-refractivity contribution is 7.91. The van der Waals surface area contributed by atoms with Crippen LogP contribution in [0.5, 0.6) is 0 Å². The van der Waals surface area contributed by atoms with E-state index in [9.17, 15) is 8.42 Å². The summed E-state index contributed by atoms with van der Waals surface area (Å²) in [7, 11) is -3.26. The van der Waals surface area contributed by atoms with Crippen LogP contribution in [0, 0.1) is 16.7 Å². The monoisotopic (exact) mass is 292 g/mol. The summed E-state index contributed by atoms with van der Waals surface area (Å²) in [5.74, 6) is 0.0922. The maximum atomic E-state index is 12.1. The Balaban J connectivity index is 1.85. The normalized spacial score (nSPS) is 17.2. The third kappa shape index (κ3) is 3.59. The molecule has 20 heavy (non-hydrogen) atoms. The van der Waals surface area contributed by atoms with Crippen molar-refractivity contribution in [2.75, 3.05) is 18.8 Å². The molecule has 0 bridgehead atoms. The Bertz CT molecular complexity index is 596. The van der Waals surface area contributed by atoms with Crippen molar-refractivity contribution >= 4 is 9.84 Å². The van der Waals surface area contributed by atoms with Gasteiger partial charge in [0.25, 0.3) is 0 Å². The summed E-state index contributed by atoms with van der Waals surface area (Å²) in [6.07, 6.45) is 3.73. The number of sulfone groups is 1. The molecule has 1 aliphatic rings. The minimum atomic E-state index is -3.26. The molecule has 1 aromatic carbocycles. The van der Waals surface area contributed by atoms with E-state index in [1.165, 1.54) is 43.5 Å². The zero-order valence-electron chi connectivity index (χ0n) is 11.7. The van der Waals surface area contributed by atoms with Gasteiger partial charge in [-0.15, -0.1) is 0 Å². The summed E-state index contributed by atoms with van der Waals surface area (Å²) in [5, 5.41) is 11.9. The SMILES string of the molecule is CC1(CNCCS(=O)(=O)c2ccc(C#N)cc2)CCC1. The molecule has 4 nitrogen and oxygen atoms in total. The first-order valence-electron chi connectivity index (χ1n) is 6.89. The fourth-order valence-electron chi connectivity index (χ4n) is 2.41. The average Bonchev–Trinajstić information content (AvgIpc) is 2.42. The van der Waals surface area contributed by atoms with Crippen LogP contribution in [0.3, 0.4) is 0 Å². The van der Waals surface area contributed by atoms with E-state index in [4.69, 9.17) is 5.26 Å². The third-order valence-electron chi connectivity index (χ3n) is 4.00. The second-order valence-electron chi connectivity index (χ2n) is 5.80. The van der Waals surface area contributed by atoms with Crippen LogP contribution in [0.4, 0.5) is 0 Å². The van der Waals surface area contributed by atoms with Gasteiger partial charge in [-0.1, -0.05) is 13.3 Å². The lowest BCUT2D eigenvalue weighted by Gasteiger charge is -2.38. The molecule has 1 saturated carbocycles. The van der Waals surface area contributed by atoms with Crippen LogP contribution in [-0.4, -0.2) is 27.3 Å². The van der Waals surface area contributed by atoms with Gasteiger partial charge in [-0.05, 0) is 42.5 Å². The zero-order valence-corrected chi connectivity index (χ0v) is 12.5. The molecule has 0 aliphatic heterocycles. The van der Waals surface area contributed by atoms with Gasteiger partial charge in [0.15, 0.2) is 9.84 Å². The van der Waals surface area contributed by atoms with Crippen LogP contribution in [0.15, 0.2) is 29.2 Å². The molecular weight excluding hydrogens is 272 g/mol. The molecule has 0 unspecified atom stereocenters. The molecule has 0 amide bonds. The van der Waals surface area contributed by atoms with Crippen molar-refractivity contribution in [3.8, 4) is 6.07 Å². The van der Waals surface area contributed by atoms with E-state index < -0.39 is 9.84 Å². The van der Waals surface area contributed by atoms with Crippen molar-refractivity contribution in [2.45, 2.75) is 31.1 Å². The largest absolute Gasteiger partial charge is 0.315 e. The van der Waals surface area contributed by atoms with E-state index in [-0.39, 0.29) is 10.6 Å². The Morgan fingerprint density at radius 1 is 1.30 bits per heavy atom. The highest BCUT2D eigenvalue weighted by atomic mass is 32.2. The first-order valence-corrected chi connectivity index (χ1v) is 8.54. The molecule has 0 atom stereocenters. The van der Waals surface area contributed by atoms with Gasteiger partial charge in [-0.25, -0.2) is 8.42 Å². The van der Waals surface area contributed by atoms with Gasteiger partial charge in [0.2, 0.25) is 0 Å². The van der Waals surface area contributed by atoms with Crippen molar-refractivity contribution in [1.29, 1.82) is 5.26 Å². The van der Waals surface area contributed by atoms with Gasteiger partial charge in [-0.2, -0.15) is 5.26 Å². The Morgan fingerprint density at radius 3 is 2.45 bits per heavy atom.